The van der Waals surface area contributed by atoms with Gasteiger partial charge in [0, 0.05) is 0 Å². The number of alkyl halides is 3. The van der Waals surface area contributed by atoms with Gasteiger partial charge in [-0.1, -0.05) is 18.7 Å². The first-order valence-electron chi connectivity index (χ1n) is 3.63. The van der Waals surface area contributed by atoms with Crippen molar-refractivity contribution in [1.29, 1.82) is 0 Å². The molecule has 0 bridgehead atoms. The zero-order chi connectivity index (χ0) is 10.8. The van der Waals surface area contributed by atoms with Gasteiger partial charge in [-0.2, -0.15) is 0 Å². The average molecular weight is 204 g/mol. The average Bonchev–Trinajstić information content (AvgIpc) is 2.06. The van der Waals surface area contributed by atoms with Gasteiger partial charge in [0.1, 0.15) is 0 Å². The lowest BCUT2D eigenvalue weighted by atomic mass is 10.2. The van der Waals surface area contributed by atoms with Crippen LogP contribution in [0.2, 0.25) is 0 Å². The SMILES string of the molecule is C=Cc1ccc(O)c(OC(F)(F)F)c1. The molecule has 76 valence electrons. The lowest BCUT2D eigenvalue weighted by Crippen LogP contribution is -2.17. The number of aromatic hydroxyl groups is 1. The second-order valence-corrected chi connectivity index (χ2v) is 2.48. The molecule has 0 atom stereocenters. The Hall–Kier alpha value is -1.65. The van der Waals surface area contributed by atoms with Gasteiger partial charge < -0.3 is 9.84 Å². The van der Waals surface area contributed by atoms with Crippen molar-refractivity contribution in [2.45, 2.75) is 6.36 Å². The Morgan fingerprint density at radius 1 is 1.36 bits per heavy atom. The van der Waals surface area contributed by atoms with E-state index >= 15 is 0 Å². The maximum absolute atomic E-state index is 11.8. The minimum atomic E-state index is -4.81. The molecule has 0 fully saturated rings. The predicted octanol–water partition coefficient (Wildman–Crippen LogP) is 2.93. The molecular weight excluding hydrogens is 197 g/mol. The molecule has 0 aliphatic rings. The Morgan fingerprint density at radius 3 is 2.50 bits per heavy atom. The van der Waals surface area contributed by atoms with Crippen LogP contribution in [0.25, 0.3) is 6.08 Å². The van der Waals surface area contributed by atoms with E-state index in [1.807, 2.05) is 0 Å². The first-order chi connectivity index (χ1) is 6.42. The second kappa shape index (κ2) is 3.61. The van der Waals surface area contributed by atoms with Crippen LogP contribution in [-0.2, 0) is 0 Å². The van der Waals surface area contributed by atoms with Crippen molar-refractivity contribution in [3.63, 3.8) is 0 Å². The monoisotopic (exact) mass is 204 g/mol. The van der Waals surface area contributed by atoms with Crippen LogP contribution < -0.4 is 4.74 Å². The molecule has 0 saturated heterocycles. The molecule has 0 amide bonds. The molecule has 1 rings (SSSR count). The van der Waals surface area contributed by atoms with E-state index in [4.69, 9.17) is 5.11 Å². The van der Waals surface area contributed by atoms with Gasteiger partial charge in [0.15, 0.2) is 11.5 Å². The van der Waals surface area contributed by atoms with Crippen molar-refractivity contribution in [1.82, 2.24) is 0 Å². The van der Waals surface area contributed by atoms with Gasteiger partial charge in [-0.25, -0.2) is 0 Å². The van der Waals surface area contributed by atoms with Crippen molar-refractivity contribution in [2.75, 3.05) is 0 Å². The molecule has 0 unspecified atom stereocenters. The molecule has 0 radical (unpaired) electrons. The van der Waals surface area contributed by atoms with Crippen molar-refractivity contribution in [3.8, 4) is 11.5 Å². The standard InChI is InChI=1S/C9H7F3O2/c1-2-6-3-4-7(13)8(5-6)14-9(10,11)12/h2-5,13H,1H2. The molecule has 0 saturated carbocycles. The minimum Gasteiger partial charge on any atom is -0.504 e. The highest BCUT2D eigenvalue weighted by Gasteiger charge is 2.32. The third-order valence-corrected chi connectivity index (χ3v) is 1.45. The van der Waals surface area contributed by atoms with Crippen molar-refractivity contribution < 1.29 is 23.0 Å². The van der Waals surface area contributed by atoms with Gasteiger partial charge in [0.2, 0.25) is 0 Å². The lowest BCUT2D eigenvalue weighted by Gasteiger charge is -2.10. The summed E-state index contributed by atoms with van der Waals surface area (Å²) in [6.07, 6.45) is -3.46. The maximum Gasteiger partial charge on any atom is 0.573 e. The number of hydrogen-bond donors (Lipinski definition) is 1. The van der Waals surface area contributed by atoms with Gasteiger partial charge in [-0.3, -0.25) is 0 Å². The molecule has 0 aromatic heterocycles. The number of phenolic OH excluding ortho intramolecular Hbond substituents is 1. The van der Waals surface area contributed by atoms with Crippen LogP contribution in [0.4, 0.5) is 13.2 Å². The fourth-order valence-corrected chi connectivity index (χ4v) is 0.864. The summed E-state index contributed by atoms with van der Waals surface area (Å²) >= 11 is 0. The van der Waals surface area contributed by atoms with E-state index in [2.05, 4.69) is 11.3 Å². The fourth-order valence-electron chi connectivity index (χ4n) is 0.864. The Balaban J connectivity index is 3.01. The predicted molar refractivity (Wildman–Crippen MR) is 44.9 cm³/mol. The first-order valence-corrected chi connectivity index (χ1v) is 3.63. The third-order valence-electron chi connectivity index (χ3n) is 1.45. The fraction of sp³-hybridized carbons (Fsp3) is 0.111. The number of benzene rings is 1. The van der Waals surface area contributed by atoms with Crippen LogP contribution >= 0.6 is 0 Å². The molecule has 0 aliphatic heterocycles. The topological polar surface area (TPSA) is 29.5 Å². The molecule has 5 heteroatoms. The highest BCUT2D eigenvalue weighted by atomic mass is 19.4. The number of hydrogen-bond acceptors (Lipinski definition) is 2. The molecule has 1 aromatic carbocycles. The molecule has 0 heterocycles. The van der Waals surface area contributed by atoms with Crippen LogP contribution in [0.5, 0.6) is 11.5 Å². The minimum absolute atomic E-state index is 0.432. The summed E-state index contributed by atoms with van der Waals surface area (Å²) < 4.78 is 39.0. The highest BCUT2D eigenvalue weighted by molar-refractivity contribution is 5.54. The number of ether oxygens (including phenoxy) is 1. The Morgan fingerprint density at radius 2 is 2.00 bits per heavy atom. The van der Waals surface area contributed by atoms with Crippen molar-refractivity contribution >= 4 is 6.08 Å². The summed E-state index contributed by atoms with van der Waals surface area (Å²) in [5, 5.41) is 9.03. The van der Waals surface area contributed by atoms with Crippen molar-refractivity contribution in [3.05, 3.63) is 30.3 Å². The van der Waals surface area contributed by atoms with Gasteiger partial charge in [-0.15, -0.1) is 13.2 Å². The zero-order valence-corrected chi connectivity index (χ0v) is 7.01. The summed E-state index contributed by atoms with van der Waals surface area (Å²) in [5.74, 6) is -1.19. The Labute approximate surface area is 78.2 Å². The van der Waals surface area contributed by atoms with Crippen LogP contribution in [0.3, 0.4) is 0 Å². The number of halogens is 3. The Kier molecular flexibility index (Phi) is 2.69. The van der Waals surface area contributed by atoms with E-state index < -0.39 is 17.9 Å². The largest absolute Gasteiger partial charge is 0.573 e. The lowest BCUT2D eigenvalue weighted by molar-refractivity contribution is -0.275. The molecule has 0 aliphatic carbocycles. The molecule has 0 spiro atoms. The van der Waals surface area contributed by atoms with E-state index in [0.717, 1.165) is 12.1 Å². The molecular formula is C9H7F3O2. The summed E-state index contributed by atoms with van der Waals surface area (Å²) in [6.45, 7) is 3.38. The molecule has 1 N–H and O–H groups in total. The van der Waals surface area contributed by atoms with Gasteiger partial charge in [0.25, 0.3) is 0 Å². The molecule has 2 nitrogen and oxygen atoms in total. The van der Waals surface area contributed by atoms with E-state index in [1.54, 1.807) is 0 Å². The van der Waals surface area contributed by atoms with Gasteiger partial charge >= 0.3 is 6.36 Å². The first kappa shape index (κ1) is 10.4. The summed E-state index contributed by atoms with van der Waals surface area (Å²) in [4.78, 5) is 0. The second-order valence-electron chi connectivity index (χ2n) is 2.48. The zero-order valence-electron chi connectivity index (χ0n) is 7.01. The van der Waals surface area contributed by atoms with E-state index in [1.165, 1.54) is 12.1 Å². The van der Waals surface area contributed by atoms with Crippen LogP contribution in [0.15, 0.2) is 24.8 Å². The molecule has 1 aromatic rings. The van der Waals surface area contributed by atoms with Gasteiger partial charge in [-0.05, 0) is 17.7 Å². The van der Waals surface area contributed by atoms with E-state index in [0.29, 0.717) is 5.56 Å². The van der Waals surface area contributed by atoms with Crippen LogP contribution in [0, 0.1) is 0 Å². The van der Waals surface area contributed by atoms with Crippen LogP contribution in [0.1, 0.15) is 5.56 Å². The van der Waals surface area contributed by atoms with E-state index in [-0.39, 0.29) is 0 Å². The smallest absolute Gasteiger partial charge is 0.504 e. The van der Waals surface area contributed by atoms with Crippen LogP contribution in [-0.4, -0.2) is 11.5 Å². The maximum atomic E-state index is 11.8. The normalized spacial score (nSPS) is 11.1. The third kappa shape index (κ3) is 2.69. The molecule has 14 heavy (non-hydrogen) atoms. The summed E-state index contributed by atoms with van der Waals surface area (Å²) in [7, 11) is 0. The highest BCUT2D eigenvalue weighted by Crippen LogP contribution is 2.32. The van der Waals surface area contributed by atoms with E-state index in [9.17, 15) is 13.2 Å². The van der Waals surface area contributed by atoms with Crippen molar-refractivity contribution in [2.24, 2.45) is 0 Å². The summed E-state index contributed by atoms with van der Waals surface area (Å²) in [5.41, 5.74) is 0.432. The number of rotatable bonds is 2. The quantitative estimate of drug-likeness (QED) is 0.802. The van der Waals surface area contributed by atoms with Gasteiger partial charge in [0.05, 0.1) is 0 Å². The number of phenols is 1. The summed E-state index contributed by atoms with van der Waals surface area (Å²) in [6, 6.07) is 3.58. The Bertz CT molecular complexity index is 344.